The summed E-state index contributed by atoms with van der Waals surface area (Å²) in [6, 6.07) is 4.02. The van der Waals surface area contributed by atoms with Crippen LogP contribution in [0.2, 0.25) is 0 Å². The molecular formula is C13H19N5. The van der Waals surface area contributed by atoms with E-state index in [9.17, 15) is 0 Å². The SMILES string of the molecule is Cc1cccn2nc(NC3(CN)CCCC3)nc12. The minimum atomic E-state index is -0.00115. The van der Waals surface area contributed by atoms with E-state index in [0.29, 0.717) is 12.5 Å². The number of aryl methyl sites for hydroxylation is 1. The molecule has 5 heteroatoms. The monoisotopic (exact) mass is 245 g/mol. The van der Waals surface area contributed by atoms with Gasteiger partial charge in [0.1, 0.15) is 0 Å². The van der Waals surface area contributed by atoms with E-state index in [-0.39, 0.29) is 5.54 Å². The fourth-order valence-corrected chi connectivity index (χ4v) is 2.76. The summed E-state index contributed by atoms with van der Waals surface area (Å²) in [5.41, 5.74) is 7.95. The van der Waals surface area contributed by atoms with Crippen LogP contribution in [0.5, 0.6) is 0 Å². The summed E-state index contributed by atoms with van der Waals surface area (Å²) in [5, 5.41) is 7.92. The molecule has 1 aliphatic rings. The highest BCUT2D eigenvalue weighted by atomic mass is 15.4. The van der Waals surface area contributed by atoms with Crippen molar-refractivity contribution in [2.24, 2.45) is 5.73 Å². The first-order chi connectivity index (χ1) is 8.72. The minimum Gasteiger partial charge on any atom is -0.346 e. The molecule has 2 aromatic heterocycles. The molecular weight excluding hydrogens is 226 g/mol. The summed E-state index contributed by atoms with van der Waals surface area (Å²) < 4.78 is 1.82. The highest BCUT2D eigenvalue weighted by molar-refractivity contribution is 5.50. The molecule has 0 bridgehead atoms. The Hall–Kier alpha value is -1.62. The molecule has 1 saturated carbocycles. The molecule has 0 amide bonds. The van der Waals surface area contributed by atoms with E-state index in [2.05, 4.69) is 15.4 Å². The average molecular weight is 245 g/mol. The number of nitrogens with two attached hydrogens (primary N) is 1. The molecule has 0 unspecified atom stereocenters. The summed E-state index contributed by atoms with van der Waals surface area (Å²) in [6.45, 7) is 2.68. The molecule has 1 aliphatic carbocycles. The van der Waals surface area contributed by atoms with Crippen LogP contribution in [0.1, 0.15) is 31.2 Å². The largest absolute Gasteiger partial charge is 0.346 e. The number of aromatic nitrogens is 3. The van der Waals surface area contributed by atoms with Crippen molar-refractivity contribution < 1.29 is 0 Å². The van der Waals surface area contributed by atoms with Gasteiger partial charge >= 0.3 is 0 Å². The van der Waals surface area contributed by atoms with E-state index < -0.39 is 0 Å². The van der Waals surface area contributed by atoms with Crippen molar-refractivity contribution in [2.45, 2.75) is 38.1 Å². The van der Waals surface area contributed by atoms with Gasteiger partial charge in [0.15, 0.2) is 5.65 Å². The molecule has 0 atom stereocenters. The Morgan fingerprint density at radius 1 is 1.44 bits per heavy atom. The van der Waals surface area contributed by atoms with Crippen molar-refractivity contribution >= 4 is 11.6 Å². The number of hydrogen-bond donors (Lipinski definition) is 2. The van der Waals surface area contributed by atoms with Crippen molar-refractivity contribution in [1.82, 2.24) is 14.6 Å². The van der Waals surface area contributed by atoms with Crippen LogP contribution in [0.25, 0.3) is 5.65 Å². The summed E-state index contributed by atoms with van der Waals surface area (Å²) >= 11 is 0. The molecule has 3 rings (SSSR count). The summed E-state index contributed by atoms with van der Waals surface area (Å²) in [6.07, 6.45) is 6.60. The molecule has 18 heavy (non-hydrogen) atoms. The third-order valence-corrected chi connectivity index (χ3v) is 3.89. The number of fused-ring (bicyclic) bond motifs is 1. The lowest BCUT2D eigenvalue weighted by atomic mass is 9.98. The summed E-state index contributed by atoms with van der Waals surface area (Å²) in [7, 11) is 0. The molecule has 2 heterocycles. The lowest BCUT2D eigenvalue weighted by molar-refractivity contribution is 0.489. The molecule has 2 aromatic rings. The Morgan fingerprint density at radius 2 is 2.22 bits per heavy atom. The second-order valence-electron chi connectivity index (χ2n) is 5.21. The van der Waals surface area contributed by atoms with Gasteiger partial charge in [0.25, 0.3) is 0 Å². The highest BCUT2D eigenvalue weighted by Gasteiger charge is 2.33. The Labute approximate surface area is 106 Å². The predicted octanol–water partition coefficient (Wildman–Crippen LogP) is 1.72. The second kappa shape index (κ2) is 4.24. The maximum atomic E-state index is 5.92. The van der Waals surface area contributed by atoms with Crippen molar-refractivity contribution in [3.05, 3.63) is 23.9 Å². The van der Waals surface area contributed by atoms with Crippen LogP contribution in [-0.2, 0) is 0 Å². The van der Waals surface area contributed by atoms with Crippen LogP contribution in [0, 0.1) is 6.92 Å². The average Bonchev–Trinajstić information content (AvgIpc) is 2.97. The maximum Gasteiger partial charge on any atom is 0.243 e. The zero-order valence-corrected chi connectivity index (χ0v) is 10.7. The highest BCUT2D eigenvalue weighted by Crippen LogP contribution is 2.31. The van der Waals surface area contributed by atoms with Crippen molar-refractivity contribution in [1.29, 1.82) is 0 Å². The normalized spacial score (nSPS) is 18.3. The van der Waals surface area contributed by atoms with Gasteiger partial charge in [-0.3, -0.25) is 0 Å². The fourth-order valence-electron chi connectivity index (χ4n) is 2.76. The lowest BCUT2D eigenvalue weighted by Crippen LogP contribution is -2.43. The van der Waals surface area contributed by atoms with Crippen LogP contribution >= 0.6 is 0 Å². The third-order valence-electron chi connectivity index (χ3n) is 3.89. The lowest BCUT2D eigenvalue weighted by Gasteiger charge is -2.27. The van der Waals surface area contributed by atoms with Gasteiger partial charge in [0.2, 0.25) is 5.95 Å². The quantitative estimate of drug-likeness (QED) is 0.864. The summed E-state index contributed by atoms with van der Waals surface area (Å²) in [4.78, 5) is 4.55. The van der Waals surface area contributed by atoms with Gasteiger partial charge in [0, 0.05) is 12.7 Å². The maximum absolute atomic E-state index is 5.92. The first-order valence-corrected chi connectivity index (χ1v) is 6.53. The van der Waals surface area contributed by atoms with E-state index >= 15 is 0 Å². The minimum absolute atomic E-state index is 0.00115. The van der Waals surface area contributed by atoms with E-state index in [1.165, 1.54) is 12.8 Å². The van der Waals surface area contributed by atoms with Gasteiger partial charge in [-0.1, -0.05) is 18.9 Å². The van der Waals surface area contributed by atoms with Crippen LogP contribution in [0.15, 0.2) is 18.3 Å². The van der Waals surface area contributed by atoms with Crippen LogP contribution in [-0.4, -0.2) is 26.7 Å². The van der Waals surface area contributed by atoms with Gasteiger partial charge in [-0.15, -0.1) is 5.10 Å². The second-order valence-corrected chi connectivity index (χ2v) is 5.21. The molecule has 0 aliphatic heterocycles. The zero-order chi connectivity index (χ0) is 12.6. The third kappa shape index (κ3) is 1.84. The Balaban J connectivity index is 1.93. The number of nitrogens with zero attached hydrogens (tertiary/aromatic N) is 3. The molecule has 96 valence electrons. The Kier molecular flexibility index (Phi) is 2.70. The number of anilines is 1. The van der Waals surface area contributed by atoms with E-state index in [1.807, 2.05) is 29.8 Å². The van der Waals surface area contributed by atoms with Gasteiger partial charge in [-0.25, -0.2) is 4.52 Å². The van der Waals surface area contributed by atoms with Gasteiger partial charge < -0.3 is 11.1 Å². The number of pyridine rings is 1. The molecule has 5 nitrogen and oxygen atoms in total. The smallest absolute Gasteiger partial charge is 0.243 e. The van der Waals surface area contributed by atoms with Gasteiger partial charge in [-0.05, 0) is 31.4 Å². The first kappa shape index (κ1) is 11.5. The Morgan fingerprint density at radius 3 is 2.89 bits per heavy atom. The van der Waals surface area contributed by atoms with E-state index in [4.69, 9.17) is 5.73 Å². The van der Waals surface area contributed by atoms with Gasteiger partial charge in [0.05, 0.1) is 5.54 Å². The van der Waals surface area contributed by atoms with E-state index in [1.54, 1.807) is 0 Å². The van der Waals surface area contributed by atoms with Crippen molar-refractivity contribution in [3.8, 4) is 0 Å². The molecule has 0 aromatic carbocycles. The van der Waals surface area contributed by atoms with Crippen molar-refractivity contribution in [2.75, 3.05) is 11.9 Å². The standard InChI is InChI=1S/C13H19N5/c1-10-5-4-8-18-11(10)15-12(17-18)16-13(9-14)6-2-3-7-13/h4-5,8H,2-3,6-7,9,14H2,1H3,(H,16,17). The van der Waals surface area contributed by atoms with Gasteiger partial charge in [-0.2, -0.15) is 4.98 Å². The number of rotatable bonds is 3. The molecule has 1 fully saturated rings. The van der Waals surface area contributed by atoms with Crippen LogP contribution in [0.3, 0.4) is 0 Å². The molecule has 3 N–H and O–H groups in total. The molecule has 0 radical (unpaired) electrons. The topological polar surface area (TPSA) is 68.2 Å². The zero-order valence-electron chi connectivity index (χ0n) is 10.7. The first-order valence-electron chi connectivity index (χ1n) is 6.53. The molecule has 0 spiro atoms. The fraction of sp³-hybridized carbons (Fsp3) is 0.538. The van der Waals surface area contributed by atoms with Crippen LogP contribution in [0.4, 0.5) is 5.95 Å². The Bertz CT molecular complexity index is 554. The van der Waals surface area contributed by atoms with Crippen LogP contribution < -0.4 is 11.1 Å². The predicted molar refractivity (Wildman–Crippen MR) is 71.6 cm³/mol. The number of hydrogen-bond acceptors (Lipinski definition) is 4. The number of nitrogens with one attached hydrogen (secondary N) is 1. The summed E-state index contributed by atoms with van der Waals surface area (Å²) in [5.74, 6) is 0.691. The van der Waals surface area contributed by atoms with E-state index in [0.717, 1.165) is 24.1 Å². The molecule has 0 saturated heterocycles. The van der Waals surface area contributed by atoms with Crippen molar-refractivity contribution in [3.63, 3.8) is 0 Å².